The Bertz CT molecular complexity index is 1250. The monoisotopic (exact) mass is 509 g/mol. The molecule has 2 heterocycles. The summed E-state index contributed by atoms with van der Waals surface area (Å²) in [6.07, 6.45) is 4.98. The topological polar surface area (TPSA) is 76.2 Å². The average molecular weight is 510 g/mol. The van der Waals surface area contributed by atoms with Crippen LogP contribution in [0.4, 0.5) is 0 Å². The van der Waals surface area contributed by atoms with Crippen molar-refractivity contribution in [2.45, 2.75) is 39.0 Å². The maximum atomic E-state index is 13.2. The van der Waals surface area contributed by atoms with Gasteiger partial charge in [0.15, 0.2) is 5.69 Å². The minimum absolute atomic E-state index is 0.225. The molecule has 6 nitrogen and oxygen atoms in total. The molecule has 0 saturated carbocycles. The Morgan fingerprint density at radius 3 is 2.54 bits per heavy atom. The quantitative estimate of drug-likeness (QED) is 0.345. The van der Waals surface area contributed by atoms with Crippen LogP contribution in [0.1, 0.15) is 53.7 Å². The average Bonchev–Trinajstić information content (AvgIpc) is 3.19. The molecule has 1 aliphatic rings. The van der Waals surface area contributed by atoms with Crippen LogP contribution in [0.5, 0.6) is 0 Å². The number of hydrogen-bond donors (Lipinski definition) is 2. The highest BCUT2D eigenvalue weighted by molar-refractivity contribution is 6.35. The molecule has 1 aliphatic heterocycles. The lowest BCUT2D eigenvalue weighted by Gasteiger charge is -2.26. The van der Waals surface area contributed by atoms with E-state index < -0.39 is 0 Å². The number of carbonyl (C=O) groups excluding carboxylic acids is 1. The van der Waals surface area contributed by atoms with Gasteiger partial charge in [0.2, 0.25) is 0 Å². The Balaban J connectivity index is 1.72. The summed E-state index contributed by atoms with van der Waals surface area (Å²) in [6, 6.07) is 13.2. The van der Waals surface area contributed by atoms with Crippen molar-refractivity contribution in [3.63, 3.8) is 0 Å². The molecule has 1 amide bonds. The lowest BCUT2D eigenvalue weighted by atomic mass is 10.0. The summed E-state index contributed by atoms with van der Waals surface area (Å²) in [5, 5.41) is 7.67. The molecule has 0 aliphatic carbocycles. The maximum Gasteiger partial charge on any atom is 0.286 e. The first-order chi connectivity index (χ1) is 17.0. The number of carbonyl (C=O) groups is 1. The van der Waals surface area contributed by atoms with Crippen LogP contribution in [0.15, 0.2) is 42.5 Å². The number of hydrazine groups is 1. The van der Waals surface area contributed by atoms with Crippen molar-refractivity contribution in [1.29, 1.82) is 0 Å². The molecule has 1 fully saturated rings. The number of halogens is 2. The molecule has 2 aromatic carbocycles. The van der Waals surface area contributed by atoms with Gasteiger partial charge in [-0.3, -0.25) is 10.2 Å². The summed E-state index contributed by atoms with van der Waals surface area (Å²) in [5.74, 6) is 6.09. The predicted octanol–water partition coefficient (Wildman–Crippen LogP) is 5.38. The first-order valence-corrected chi connectivity index (χ1v) is 12.6. The highest BCUT2D eigenvalue weighted by Gasteiger charge is 2.24. The Morgan fingerprint density at radius 2 is 1.86 bits per heavy atom. The van der Waals surface area contributed by atoms with Crippen LogP contribution in [0.25, 0.3) is 16.9 Å². The van der Waals surface area contributed by atoms with Crippen LogP contribution < -0.4 is 11.2 Å². The molecule has 0 spiro atoms. The van der Waals surface area contributed by atoms with Gasteiger partial charge in [0.05, 0.1) is 16.4 Å². The molecule has 3 N–H and O–H groups in total. The molecule has 4 rings (SSSR count). The molecule has 8 heteroatoms. The van der Waals surface area contributed by atoms with E-state index in [-0.39, 0.29) is 5.91 Å². The zero-order valence-electron chi connectivity index (χ0n) is 19.8. The molecule has 35 heavy (non-hydrogen) atoms. The Hall–Kier alpha value is -2.82. The van der Waals surface area contributed by atoms with Gasteiger partial charge in [0.1, 0.15) is 0 Å². The van der Waals surface area contributed by atoms with Gasteiger partial charge in [-0.25, -0.2) is 9.69 Å². The number of amides is 1. The molecule has 0 atom stereocenters. The number of unbranched alkanes of at least 4 members (excludes halogenated alkanes) is 1. The first kappa shape index (κ1) is 25.3. The van der Waals surface area contributed by atoms with E-state index in [0.717, 1.165) is 61.2 Å². The maximum absolute atomic E-state index is 13.2. The third-order valence-corrected chi connectivity index (χ3v) is 6.53. The normalized spacial score (nSPS) is 13.8. The van der Waals surface area contributed by atoms with Gasteiger partial charge in [0.25, 0.3) is 5.91 Å². The summed E-state index contributed by atoms with van der Waals surface area (Å²) >= 11 is 12.7. The fourth-order valence-electron chi connectivity index (χ4n) is 4.15. The second kappa shape index (κ2) is 11.7. The molecule has 1 saturated heterocycles. The highest BCUT2D eigenvalue weighted by atomic mass is 35.5. The van der Waals surface area contributed by atoms with Crippen LogP contribution in [-0.4, -0.2) is 40.3 Å². The zero-order valence-corrected chi connectivity index (χ0v) is 21.3. The third kappa shape index (κ3) is 6.06. The summed E-state index contributed by atoms with van der Waals surface area (Å²) in [5.41, 5.74) is 13.0. The fraction of sp³-hybridized carbons (Fsp3) is 0.333. The van der Waals surface area contributed by atoms with E-state index >= 15 is 0 Å². The van der Waals surface area contributed by atoms with Gasteiger partial charge >= 0.3 is 0 Å². The van der Waals surface area contributed by atoms with E-state index in [0.29, 0.717) is 28.0 Å². The number of nitrogens with one attached hydrogen (secondary N) is 1. The smallest absolute Gasteiger partial charge is 0.286 e. The fourth-order valence-corrected chi connectivity index (χ4v) is 4.64. The van der Waals surface area contributed by atoms with Crippen molar-refractivity contribution in [1.82, 2.24) is 20.2 Å². The number of hydrogen-bond acceptors (Lipinski definition) is 4. The van der Waals surface area contributed by atoms with Crippen molar-refractivity contribution in [3.8, 4) is 28.8 Å². The molecular weight excluding hydrogens is 481 g/mol. The number of nitrogens with zero attached hydrogens (tertiary/aromatic N) is 3. The van der Waals surface area contributed by atoms with E-state index in [4.69, 9.17) is 34.0 Å². The van der Waals surface area contributed by atoms with Crippen molar-refractivity contribution in [2.24, 2.45) is 5.73 Å². The van der Waals surface area contributed by atoms with Crippen molar-refractivity contribution >= 4 is 29.1 Å². The SMILES string of the molecule is Cc1c(C(=O)NN2CCCCC2)nn(-c2ccc(Cl)cc2Cl)c1-c1ccc(C#CCCCN)cc1. The molecule has 182 valence electrons. The van der Waals surface area contributed by atoms with Crippen LogP contribution in [0.2, 0.25) is 10.0 Å². The van der Waals surface area contributed by atoms with E-state index in [9.17, 15) is 4.79 Å². The second-order valence-corrected chi connectivity index (χ2v) is 9.43. The van der Waals surface area contributed by atoms with E-state index in [1.165, 1.54) is 6.42 Å². The minimum Gasteiger partial charge on any atom is -0.330 e. The Kier molecular flexibility index (Phi) is 8.48. The zero-order chi connectivity index (χ0) is 24.8. The number of benzene rings is 2. The largest absolute Gasteiger partial charge is 0.330 e. The Labute approximate surface area is 216 Å². The molecule has 0 bridgehead atoms. The molecular formula is C27H29Cl2N5O. The molecule has 0 radical (unpaired) electrons. The minimum atomic E-state index is -0.225. The highest BCUT2D eigenvalue weighted by Crippen LogP contribution is 2.33. The number of nitrogens with two attached hydrogens (primary N) is 1. The van der Waals surface area contributed by atoms with Gasteiger partial charge in [-0.05, 0) is 63.1 Å². The lowest BCUT2D eigenvalue weighted by molar-refractivity contribution is 0.0743. The van der Waals surface area contributed by atoms with Crippen molar-refractivity contribution < 1.29 is 4.79 Å². The standard InChI is InChI=1S/C27H29Cl2N5O/c1-19-25(27(35)32-33-16-6-3-7-17-33)31-34(24-14-13-22(28)18-23(24)29)26(19)21-11-9-20(10-12-21)8-4-2-5-15-30/h9-14,18H,2-3,5-7,15-17,30H2,1H3,(H,32,35). The third-order valence-electron chi connectivity index (χ3n) is 5.99. The predicted molar refractivity (Wildman–Crippen MR) is 142 cm³/mol. The lowest BCUT2D eigenvalue weighted by Crippen LogP contribution is -2.45. The summed E-state index contributed by atoms with van der Waals surface area (Å²) in [6.45, 7) is 4.23. The Morgan fingerprint density at radius 1 is 1.11 bits per heavy atom. The summed E-state index contributed by atoms with van der Waals surface area (Å²) < 4.78 is 1.72. The van der Waals surface area contributed by atoms with Gasteiger partial charge < -0.3 is 5.73 Å². The number of rotatable bonds is 6. The van der Waals surface area contributed by atoms with Crippen LogP contribution >= 0.6 is 23.2 Å². The summed E-state index contributed by atoms with van der Waals surface area (Å²) in [4.78, 5) is 13.2. The van der Waals surface area contributed by atoms with E-state index in [2.05, 4.69) is 17.3 Å². The van der Waals surface area contributed by atoms with Crippen molar-refractivity contribution in [3.05, 3.63) is 69.3 Å². The van der Waals surface area contributed by atoms with Gasteiger partial charge in [0, 0.05) is 41.2 Å². The van der Waals surface area contributed by atoms with Gasteiger partial charge in [-0.1, -0.05) is 53.6 Å². The van der Waals surface area contributed by atoms with Crippen LogP contribution in [0, 0.1) is 18.8 Å². The van der Waals surface area contributed by atoms with E-state index in [1.807, 2.05) is 42.3 Å². The first-order valence-electron chi connectivity index (χ1n) is 11.9. The van der Waals surface area contributed by atoms with Gasteiger partial charge in [-0.2, -0.15) is 5.10 Å². The second-order valence-electron chi connectivity index (χ2n) is 8.59. The molecule has 3 aromatic rings. The summed E-state index contributed by atoms with van der Waals surface area (Å²) in [7, 11) is 0. The molecule has 1 aromatic heterocycles. The molecule has 0 unspecified atom stereocenters. The number of piperidine rings is 1. The van der Waals surface area contributed by atoms with E-state index in [1.54, 1.807) is 16.8 Å². The van der Waals surface area contributed by atoms with Crippen molar-refractivity contribution in [2.75, 3.05) is 19.6 Å². The van der Waals surface area contributed by atoms with Gasteiger partial charge in [-0.15, -0.1) is 0 Å². The number of aromatic nitrogens is 2. The van der Waals surface area contributed by atoms with Crippen LogP contribution in [-0.2, 0) is 0 Å². The van der Waals surface area contributed by atoms with Crippen LogP contribution in [0.3, 0.4) is 0 Å².